The van der Waals surface area contributed by atoms with E-state index < -0.39 is 0 Å². The highest BCUT2D eigenvalue weighted by molar-refractivity contribution is 9.14. The lowest BCUT2D eigenvalue weighted by atomic mass is 10.0. The predicted molar refractivity (Wildman–Crippen MR) is 124 cm³/mol. The van der Waals surface area contributed by atoms with Crippen LogP contribution >= 0.6 is 39.3 Å². The summed E-state index contributed by atoms with van der Waals surface area (Å²) in [6.45, 7) is 5.94. The summed E-state index contributed by atoms with van der Waals surface area (Å²) in [5.41, 5.74) is 3.61. The van der Waals surface area contributed by atoms with Crippen molar-refractivity contribution < 1.29 is 9.53 Å². The summed E-state index contributed by atoms with van der Waals surface area (Å²) in [5, 5.41) is 3.63. The van der Waals surface area contributed by atoms with Gasteiger partial charge in [-0.15, -0.1) is 0 Å². The van der Waals surface area contributed by atoms with Crippen LogP contribution in [0.2, 0.25) is 5.15 Å². The van der Waals surface area contributed by atoms with E-state index >= 15 is 0 Å². The van der Waals surface area contributed by atoms with Crippen LogP contribution in [0.15, 0.2) is 38.9 Å². The third kappa shape index (κ3) is 6.04. The number of ether oxygens (including phenoxy) is 1. The number of allylic oxidation sites excluding steroid dienone is 1. The lowest BCUT2D eigenvalue weighted by molar-refractivity contribution is 0.0978. The SMILES string of the molecule is CCC(C)=C(Br)SC(=NC)NC(=O)c1cnc(C)cc1-c1cc(Cl)ncc1OC. The molecule has 154 valence electrons. The lowest BCUT2D eigenvalue weighted by Crippen LogP contribution is -2.29. The molecule has 0 saturated carbocycles. The molecule has 0 fully saturated rings. The van der Waals surface area contributed by atoms with Gasteiger partial charge in [0.2, 0.25) is 0 Å². The van der Waals surface area contributed by atoms with Crippen LogP contribution in [-0.2, 0) is 0 Å². The third-order valence-electron chi connectivity index (χ3n) is 4.11. The molecule has 0 aliphatic heterocycles. The van der Waals surface area contributed by atoms with Crippen LogP contribution in [0.1, 0.15) is 36.3 Å². The van der Waals surface area contributed by atoms with Crippen LogP contribution in [0.25, 0.3) is 11.1 Å². The summed E-state index contributed by atoms with van der Waals surface area (Å²) in [7, 11) is 3.17. The van der Waals surface area contributed by atoms with E-state index in [9.17, 15) is 4.79 Å². The number of halogens is 2. The molecule has 2 rings (SSSR count). The van der Waals surface area contributed by atoms with Gasteiger partial charge in [-0.05, 0) is 60.1 Å². The number of methoxy groups -OCH3 is 1. The average molecular weight is 498 g/mol. The van der Waals surface area contributed by atoms with Crippen molar-refractivity contribution in [3.8, 4) is 16.9 Å². The number of thioether (sulfide) groups is 1. The summed E-state index contributed by atoms with van der Waals surface area (Å²) in [4.78, 5) is 25.6. The Bertz CT molecular complexity index is 979. The first-order chi connectivity index (χ1) is 13.8. The normalized spacial score (nSPS) is 12.4. The number of aryl methyl sites for hydroxylation is 1. The fourth-order valence-corrected chi connectivity index (χ4v) is 3.98. The molecule has 0 bridgehead atoms. The molecule has 0 aliphatic carbocycles. The molecule has 0 unspecified atom stereocenters. The number of pyridine rings is 2. The molecule has 0 radical (unpaired) electrons. The van der Waals surface area contributed by atoms with Crippen LogP contribution in [0.3, 0.4) is 0 Å². The Morgan fingerprint density at radius 1 is 1.31 bits per heavy atom. The zero-order valence-electron chi connectivity index (χ0n) is 16.8. The predicted octanol–water partition coefficient (Wildman–Crippen LogP) is 5.60. The van der Waals surface area contributed by atoms with Gasteiger partial charge in [0, 0.05) is 30.1 Å². The highest BCUT2D eigenvalue weighted by Crippen LogP contribution is 2.34. The minimum atomic E-state index is -0.329. The van der Waals surface area contributed by atoms with Crippen LogP contribution in [0.5, 0.6) is 5.75 Å². The van der Waals surface area contributed by atoms with Gasteiger partial charge >= 0.3 is 0 Å². The number of nitrogens with zero attached hydrogens (tertiary/aromatic N) is 3. The van der Waals surface area contributed by atoms with Crippen molar-refractivity contribution in [2.24, 2.45) is 4.99 Å². The Balaban J connectivity index is 2.43. The number of amidine groups is 1. The summed E-state index contributed by atoms with van der Waals surface area (Å²) in [6, 6.07) is 3.48. The fourth-order valence-electron chi connectivity index (χ4n) is 2.36. The molecule has 2 heterocycles. The quantitative estimate of drug-likeness (QED) is 0.330. The first-order valence-corrected chi connectivity index (χ1v) is 10.8. The molecule has 1 N–H and O–H groups in total. The Morgan fingerprint density at radius 3 is 2.66 bits per heavy atom. The Labute approximate surface area is 188 Å². The number of aromatic nitrogens is 2. The maximum atomic E-state index is 13.1. The van der Waals surface area contributed by atoms with Crippen LogP contribution in [0, 0.1) is 6.92 Å². The van der Waals surface area contributed by atoms with Crippen LogP contribution < -0.4 is 10.1 Å². The molecular formula is C20H22BrClN4O2S. The van der Waals surface area contributed by atoms with Crippen molar-refractivity contribution in [3.63, 3.8) is 0 Å². The fraction of sp³-hybridized carbons (Fsp3) is 0.300. The molecule has 9 heteroatoms. The van der Waals surface area contributed by atoms with Gasteiger partial charge in [-0.25, -0.2) is 4.98 Å². The number of hydrogen-bond acceptors (Lipinski definition) is 6. The topological polar surface area (TPSA) is 76.5 Å². The maximum absolute atomic E-state index is 13.1. The standard InChI is InChI=1S/C20H22BrClN4O2S/c1-6-11(2)18(21)29-20(23-4)26-19(27)15-9-24-12(3)7-13(15)14-8-17(22)25-10-16(14)28-5/h7-10H,6H2,1-5H3,(H,23,26,27). The molecule has 2 aromatic rings. The van der Waals surface area contributed by atoms with E-state index in [4.69, 9.17) is 16.3 Å². The molecule has 0 atom stereocenters. The molecule has 0 aromatic carbocycles. The van der Waals surface area contributed by atoms with Gasteiger partial charge in [0.05, 0.1) is 22.7 Å². The van der Waals surface area contributed by atoms with Gasteiger partial charge in [0.1, 0.15) is 10.9 Å². The summed E-state index contributed by atoms with van der Waals surface area (Å²) in [5.74, 6) is 0.182. The van der Waals surface area contributed by atoms with Gasteiger partial charge in [0.25, 0.3) is 5.91 Å². The van der Waals surface area contributed by atoms with E-state index in [2.05, 4.69) is 43.1 Å². The zero-order valence-corrected chi connectivity index (χ0v) is 20.0. The lowest BCUT2D eigenvalue weighted by Gasteiger charge is -2.14. The molecule has 0 saturated heterocycles. The molecule has 0 aliphatic rings. The van der Waals surface area contributed by atoms with Crippen LogP contribution in [0.4, 0.5) is 0 Å². The number of aliphatic imine (C=N–C) groups is 1. The number of carbonyl (C=O) groups is 1. The largest absolute Gasteiger partial charge is 0.494 e. The van der Waals surface area contributed by atoms with E-state index in [0.29, 0.717) is 32.8 Å². The van der Waals surface area contributed by atoms with Crippen molar-refractivity contribution in [1.82, 2.24) is 15.3 Å². The van der Waals surface area contributed by atoms with E-state index in [1.807, 2.05) is 19.9 Å². The van der Waals surface area contributed by atoms with Gasteiger partial charge < -0.3 is 10.1 Å². The van der Waals surface area contributed by atoms with Crippen molar-refractivity contribution in [1.29, 1.82) is 0 Å². The van der Waals surface area contributed by atoms with E-state index in [-0.39, 0.29) is 5.91 Å². The maximum Gasteiger partial charge on any atom is 0.259 e. The molecule has 2 aromatic heterocycles. The number of hydrogen-bond donors (Lipinski definition) is 1. The van der Waals surface area contributed by atoms with Crippen molar-refractivity contribution in [3.05, 3.63) is 50.3 Å². The van der Waals surface area contributed by atoms with Gasteiger partial charge in [-0.2, -0.15) is 0 Å². The number of rotatable bonds is 5. The second kappa shape index (κ2) is 10.8. The number of nitrogens with one attached hydrogen (secondary N) is 1. The molecule has 6 nitrogen and oxygen atoms in total. The first-order valence-electron chi connectivity index (χ1n) is 8.78. The second-order valence-corrected chi connectivity index (χ2v) is 8.78. The summed E-state index contributed by atoms with van der Waals surface area (Å²) >= 11 is 11.0. The second-order valence-electron chi connectivity index (χ2n) is 6.07. The smallest absolute Gasteiger partial charge is 0.259 e. The van der Waals surface area contributed by atoms with E-state index in [1.54, 1.807) is 20.2 Å². The van der Waals surface area contributed by atoms with Gasteiger partial charge in [-0.1, -0.05) is 24.1 Å². The summed E-state index contributed by atoms with van der Waals surface area (Å²) in [6.07, 6.45) is 3.96. The summed E-state index contributed by atoms with van der Waals surface area (Å²) < 4.78 is 6.33. The molecule has 0 spiro atoms. The Hall–Kier alpha value is -1.90. The highest BCUT2D eigenvalue weighted by Gasteiger charge is 2.19. The highest BCUT2D eigenvalue weighted by atomic mass is 79.9. The third-order valence-corrected chi connectivity index (χ3v) is 6.48. The Kier molecular flexibility index (Phi) is 8.67. The number of amides is 1. The van der Waals surface area contributed by atoms with E-state index in [1.165, 1.54) is 29.7 Å². The minimum absolute atomic E-state index is 0.303. The van der Waals surface area contributed by atoms with Gasteiger partial charge in [-0.3, -0.25) is 14.8 Å². The monoisotopic (exact) mass is 496 g/mol. The average Bonchev–Trinajstić information content (AvgIpc) is 2.72. The Morgan fingerprint density at radius 2 is 2.03 bits per heavy atom. The van der Waals surface area contributed by atoms with Crippen molar-refractivity contribution >= 4 is 50.4 Å². The molecular weight excluding hydrogens is 476 g/mol. The van der Waals surface area contributed by atoms with Crippen molar-refractivity contribution in [2.75, 3.05) is 14.2 Å². The number of carbonyl (C=O) groups excluding carboxylic acids is 1. The first kappa shape index (κ1) is 23.4. The van der Waals surface area contributed by atoms with Crippen molar-refractivity contribution in [2.45, 2.75) is 27.2 Å². The van der Waals surface area contributed by atoms with E-state index in [0.717, 1.165) is 15.9 Å². The zero-order chi connectivity index (χ0) is 21.6. The van der Waals surface area contributed by atoms with Gasteiger partial charge in [0.15, 0.2) is 5.17 Å². The van der Waals surface area contributed by atoms with Crippen LogP contribution in [-0.4, -0.2) is 35.2 Å². The minimum Gasteiger partial charge on any atom is -0.494 e. The molecule has 29 heavy (non-hydrogen) atoms. The molecule has 1 amide bonds.